The third-order valence-corrected chi connectivity index (χ3v) is 4.81. The Balaban J connectivity index is 1.86. The summed E-state index contributed by atoms with van der Waals surface area (Å²) in [6.45, 7) is 10.7. The predicted molar refractivity (Wildman–Crippen MR) is 98.3 cm³/mol. The van der Waals surface area contributed by atoms with Crippen molar-refractivity contribution in [3.8, 4) is 0 Å². The second-order valence-corrected chi connectivity index (χ2v) is 6.85. The number of carbonyl (C=O) groups excluding carboxylic acids is 1. The van der Waals surface area contributed by atoms with Gasteiger partial charge in [-0.05, 0) is 12.3 Å². The molecule has 7 heteroatoms. The Bertz CT molecular complexity index is 641. The molecule has 3 rings (SSSR count). The van der Waals surface area contributed by atoms with Crippen LogP contribution in [0, 0.1) is 5.92 Å². The van der Waals surface area contributed by atoms with Crippen LogP contribution in [0.15, 0.2) is 12.7 Å². The molecule has 0 aromatic carbocycles. The van der Waals surface area contributed by atoms with E-state index in [4.69, 9.17) is 10.1 Å². The van der Waals surface area contributed by atoms with Crippen LogP contribution in [-0.2, 0) is 6.42 Å². The highest BCUT2D eigenvalue weighted by atomic mass is 16.3. The van der Waals surface area contributed by atoms with Crippen molar-refractivity contribution in [1.82, 2.24) is 14.9 Å². The highest BCUT2D eigenvalue weighted by Crippen LogP contribution is 2.30. The quantitative estimate of drug-likeness (QED) is 0.743. The minimum atomic E-state index is 0.125. The number of anilines is 2. The van der Waals surface area contributed by atoms with Crippen molar-refractivity contribution in [2.75, 3.05) is 56.1 Å². The van der Waals surface area contributed by atoms with Crippen molar-refractivity contribution in [2.24, 2.45) is 5.92 Å². The van der Waals surface area contributed by atoms with E-state index in [1.54, 1.807) is 6.08 Å². The molecule has 1 saturated heterocycles. The highest BCUT2D eigenvalue weighted by molar-refractivity contribution is 6.02. The van der Waals surface area contributed by atoms with Gasteiger partial charge in [0.25, 0.3) is 0 Å². The summed E-state index contributed by atoms with van der Waals surface area (Å²) in [6, 6.07) is 0. The number of piperazine rings is 1. The zero-order chi connectivity index (χ0) is 17.8. The first-order chi connectivity index (χ1) is 12.1. The average molecular weight is 345 g/mol. The summed E-state index contributed by atoms with van der Waals surface area (Å²) in [5.74, 6) is 1.77. The number of hydrogen-bond acceptors (Lipinski definition) is 7. The first-order valence-electron chi connectivity index (χ1n) is 8.99. The lowest BCUT2D eigenvalue weighted by Gasteiger charge is -2.35. The molecule has 1 aromatic rings. The molecule has 1 atom stereocenters. The summed E-state index contributed by atoms with van der Waals surface area (Å²) >= 11 is 0. The molecular weight excluding hydrogens is 318 g/mol. The second-order valence-electron chi connectivity index (χ2n) is 6.85. The van der Waals surface area contributed by atoms with E-state index in [-0.39, 0.29) is 12.4 Å². The van der Waals surface area contributed by atoms with Crippen LogP contribution >= 0.6 is 0 Å². The molecule has 1 aliphatic heterocycles. The van der Waals surface area contributed by atoms with Crippen LogP contribution in [0.3, 0.4) is 0 Å². The Hall–Kier alpha value is -1.99. The van der Waals surface area contributed by atoms with Gasteiger partial charge in [-0.25, -0.2) is 4.98 Å². The van der Waals surface area contributed by atoms with Gasteiger partial charge >= 0.3 is 0 Å². The number of β-amino-alcohol motifs (C(OH)–C–C–N with tert-alkyl or cyclic N) is 1. The van der Waals surface area contributed by atoms with E-state index >= 15 is 0 Å². The van der Waals surface area contributed by atoms with Crippen LogP contribution in [0.2, 0.25) is 0 Å². The number of ketones is 1. The molecule has 7 nitrogen and oxygen atoms in total. The summed E-state index contributed by atoms with van der Waals surface area (Å²) in [4.78, 5) is 26.3. The fourth-order valence-electron chi connectivity index (χ4n) is 3.51. The average Bonchev–Trinajstić information content (AvgIpc) is 2.59. The van der Waals surface area contributed by atoms with Gasteiger partial charge in [-0.2, -0.15) is 4.98 Å². The van der Waals surface area contributed by atoms with Crippen LogP contribution in [0.5, 0.6) is 0 Å². The fourth-order valence-corrected chi connectivity index (χ4v) is 3.51. The van der Waals surface area contributed by atoms with E-state index in [0.29, 0.717) is 42.8 Å². The van der Waals surface area contributed by atoms with Crippen LogP contribution in [0.25, 0.3) is 0 Å². The standard InChI is InChI=1S/C18H27N5O2/c1-3-4-19-17-16-14(11-13(2)12-15(16)25)20-18(21-17)23-7-5-22(6-8-23)9-10-24/h3,13,24H,1,4-12H2,2H3,(H,19,20,21)/t13-/m0/s1. The van der Waals surface area contributed by atoms with Crippen LogP contribution in [0.1, 0.15) is 29.4 Å². The number of fused-ring (bicyclic) bond motifs is 1. The number of carbonyl (C=O) groups is 1. The highest BCUT2D eigenvalue weighted by Gasteiger charge is 2.29. The van der Waals surface area contributed by atoms with Gasteiger partial charge in [-0.3, -0.25) is 9.69 Å². The summed E-state index contributed by atoms with van der Waals surface area (Å²) in [5, 5.41) is 12.3. The first-order valence-corrected chi connectivity index (χ1v) is 8.99. The number of nitrogens with one attached hydrogen (secondary N) is 1. The fraction of sp³-hybridized carbons (Fsp3) is 0.611. The summed E-state index contributed by atoms with van der Waals surface area (Å²) in [5.41, 5.74) is 1.51. The van der Waals surface area contributed by atoms with E-state index in [0.717, 1.165) is 38.3 Å². The van der Waals surface area contributed by atoms with Crippen LogP contribution in [-0.4, -0.2) is 71.6 Å². The lowest BCUT2D eigenvalue weighted by Crippen LogP contribution is -2.48. The van der Waals surface area contributed by atoms with Gasteiger partial charge in [0.05, 0.1) is 17.9 Å². The Kier molecular flexibility index (Phi) is 5.65. The molecule has 1 aliphatic carbocycles. The first kappa shape index (κ1) is 17.8. The number of Topliss-reactive ketones (excluding diaryl/α,β-unsaturated/α-hetero) is 1. The van der Waals surface area contributed by atoms with Gasteiger partial charge in [0.15, 0.2) is 5.78 Å². The number of aliphatic hydroxyl groups is 1. The maximum absolute atomic E-state index is 12.5. The molecule has 0 saturated carbocycles. The van der Waals surface area contributed by atoms with Gasteiger partial charge in [0.1, 0.15) is 5.82 Å². The Morgan fingerprint density at radius 1 is 1.28 bits per heavy atom. The minimum absolute atomic E-state index is 0.125. The number of rotatable bonds is 6. The summed E-state index contributed by atoms with van der Waals surface area (Å²) < 4.78 is 0. The van der Waals surface area contributed by atoms with Crippen LogP contribution < -0.4 is 10.2 Å². The third kappa shape index (κ3) is 3.99. The van der Waals surface area contributed by atoms with Gasteiger partial charge in [0.2, 0.25) is 5.95 Å². The van der Waals surface area contributed by atoms with E-state index in [1.165, 1.54) is 0 Å². The maximum Gasteiger partial charge on any atom is 0.227 e. The molecule has 1 fully saturated rings. The van der Waals surface area contributed by atoms with Crippen molar-refractivity contribution >= 4 is 17.5 Å². The lowest BCUT2D eigenvalue weighted by atomic mass is 9.87. The lowest BCUT2D eigenvalue weighted by molar-refractivity contribution is 0.0952. The molecule has 0 bridgehead atoms. The molecule has 0 spiro atoms. The van der Waals surface area contributed by atoms with E-state index in [1.807, 2.05) is 0 Å². The Labute approximate surface area is 148 Å². The minimum Gasteiger partial charge on any atom is -0.395 e. The topological polar surface area (TPSA) is 81.6 Å². The normalized spacial score (nSPS) is 21.1. The molecule has 1 aromatic heterocycles. The molecule has 2 N–H and O–H groups in total. The zero-order valence-electron chi connectivity index (χ0n) is 14.9. The molecule has 2 heterocycles. The van der Waals surface area contributed by atoms with Gasteiger partial charge in [-0.15, -0.1) is 6.58 Å². The maximum atomic E-state index is 12.5. The van der Waals surface area contributed by atoms with Crippen molar-refractivity contribution in [2.45, 2.75) is 19.8 Å². The Morgan fingerprint density at radius 3 is 2.72 bits per heavy atom. The number of hydrogen-bond donors (Lipinski definition) is 2. The molecule has 0 unspecified atom stereocenters. The smallest absolute Gasteiger partial charge is 0.227 e. The van der Waals surface area contributed by atoms with E-state index in [9.17, 15) is 4.79 Å². The van der Waals surface area contributed by atoms with Crippen molar-refractivity contribution in [3.63, 3.8) is 0 Å². The van der Waals surface area contributed by atoms with Crippen molar-refractivity contribution in [1.29, 1.82) is 0 Å². The molecule has 0 radical (unpaired) electrons. The largest absolute Gasteiger partial charge is 0.395 e. The van der Waals surface area contributed by atoms with Crippen molar-refractivity contribution < 1.29 is 9.90 Å². The SMILES string of the molecule is C=CCNc1nc(N2CCN(CCO)CC2)nc2c1C(=O)C[C@@H](C)C2. The van der Waals surface area contributed by atoms with Crippen LogP contribution in [0.4, 0.5) is 11.8 Å². The molecule has 0 amide bonds. The number of aliphatic hydroxyl groups excluding tert-OH is 1. The van der Waals surface area contributed by atoms with Gasteiger partial charge < -0.3 is 15.3 Å². The predicted octanol–water partition coefficient (Wildman–Crippen LogP) is 0.954. The second kappa shape index (κ2) is 7.93. The van der Waals surface area contributed by atoms with Crippen molar-refractivity contribution in [3.05, 3.63) is 23.9 Å². The van der Waals surface area contributed by atoms with Gasteiger partial charge in [0, 0.05) is 45.7 Å². The summed E-state index contributed by atoms with van der Waals surface area (Å²) in [6.07, 6.45) is 3.12. The Morgan fingerprint density at radius 2 is 2.04 bits per heavy atom. The monoisotopic (exact) mass is 345 g/mol. The molecule has 136 valence electrons. The zero-order valence-corrected chi connectivity index (χ0v) is 14.9. The number of aromatic nitrogens is 2. The molecular formula is C18H27N5O2. The van der Waals surface area contributed by atoms with E-state index in [2.05, 4.69) is 33.6 Å². The van der Waals surface area contributed by atoms with Gasteiger partial charge in [-0.1, -0.05) is 13.0 Å². The van der Waals surface area contributed by atoms with E-state index < -0.39 is 0 Å². The number of nitrogens with zero attached hydrogens (tertiary/aromatic N) is 4. The third-order valence-electron chi connectivity index (χ3n) is 4.81. The molecule has 25 heavy (non-hydrogen) atoms. The summed E-state index contributed by atoms with van der Waals surface area (Å²) in [7, 11) is 0. The molecule has 2 aliphatic rings.